The Labute approximate surface area is 94.8 Å². The molecular formula is C11H16N2O3. The van der Waals surface area contributed by atoms with Gasteiger partial charge in [-0.2, -0.15) is 4.99 Å². The molecule has 1 rings (SSSR count). The standard InChI is InChI=1S/C11H16N2O3/c1-4-6-7-13-10(14)8(3)9(16-5-2)12-11(13)15/h3-7H2,1-2H3. The molecule has 1 heterocycles. The predicted molar refractivity (Wildman–Crippen MR) is 60.2 cm³/mol. The third-order valence-corrected chi connectivity index (χ3v) is 2.21. The molecule has 0 radical (unpaired) electrons. The Kier molecular flexibility index (Phi) is 4.22. The molecule has 0 aromatic rings. The summed E-state index contributed by atoms with van der Waals surface area (Å²) in [5.41, 5.74) is 0.151. The molecule has 1 aliphatic heterocycles. The molecule has 88 valence electrons. The zero-order valence-corrected chi connectivity index (χ0v) is 9.65. The molecule has 3 amide bonds. The van der Waals surface area contributed by atoms with Crippen LogP contribution in [0.5, 0.6) is 0 Å². The van der Waals surface area contributed by atoms with Crippen molar-refractivity contribution in [2.75, 3.05) is 13.2 Å². The normalized spacial score (nSPS) is 16.5. The number of aliphatic imine (C=N–C) groups is 1. The number of carbonyl (C=O) groups excluding carboxylic acids is 2. The fraction of sp³-hybridized carbons (Fsp3) is 0.545. The number of carbonyl (C=O) groups is 2. The molecule has 0 unspecified atom stereocenters. The Bertz CT molecular complexity index is 347. The third kappa shape index (κ3) is 2.48. The van der Waals surface area contributed by atoms with Crippen LogP contribution in [-0.2, 0) is 9.53 Å². The molecule has 0 spiro atoms. The zero-order chi connectivity index (χ0) is 12.1. The van der Waals surface area contributed by atoms with Gasteiger partial charge in [0.05, 0.1) is 12.2 Å². The second-order valence-electron chi connectivity index (χ2n) is 3.42. The first-order valence-electron chi connectivity index (χ1n) is 5.38. The fourth-order valence-corrected chi connectivity index (χ4v) is 1.33. The zero-order valence-electron chi connectivity index (χ0n) is 9.65. The average Bonchev–Trinajstić information content (AvgIpc) is 2.26. The molecule has 0 N–H and O–H groups in total. The highest BCUT2D eigenvalue weighted by Crippen LogP contribution is 2.13. The van der Waals surface area contributed by atoms with Crippen LogP contribution >= 0.6 is 0 Å². The molecule has 1 aliphatic rings. The van der Waals surface area contributed by atoms with Gasteiger partial charge in [0.1, 0.15) is 0 Å². The summed E-state index contributed by atoms with van der Waals surface area (Å²) in [6, 6.07) is -0.561. The van der Waals surface area contributed by atoms with Crippen LogP contribution in [0.3, 0.4) is 0 Å². The summed E-state index contributed by atoms with van der Waals surface area (Å²) in [5, 5.41) is 0. The van der Waals surface area contributed by atoms with Gasteiger partial charge < -0.3 is 4.74 Å². The van der Waals surface area contributed by atoms with Crippen LogP contribution < -0.4 is 0 Å². The van der Waals surface area contributed by atoms with Crippen molar-refractivity contribution in [2.24, 2.45) is 4.99 Å². The molecule has 0 aliphatic carbocycles. The van der Waals surface area contributed by atoms with E-state index in [1.54, 1.807) is 6.92 Å². The lowest BCUT2D eigenvalue weighted by molar-refractivity contribution is -0.124. The van der Waals surface area contributed by atoms with Gasteiger partial charge >= 0.3 is 6.03 Å². The molecule has 0 atom stereocenters. The Hall–Kier alpha value is -1.65. The van der Waals surface area contributed by atoms with E-state index in [-0.39, 0.29) is 11.5 Å². The second kappa shape index (κ2) is 5.44. The van der Waals surface area contributed by atoms with E-state index in [1.165, 1.54) is 0 Å². The lowest BCUT2D eigenvalue weighted by atomic mass is 10.2. The summed E-state index contributed by atoms with van der Waals surface area (Å²) in [4.78, 5) is 28.1. The quantitative estimate of drug-likeness (QED) is 0.683. The van der Waals surface area contributed by atoms with Gasteiger partial charge in [-0.25, -0.2) is 4.79 Å². The molecular weight excluding hydrogens is 208 g/mol. The molecule has 0 bridgehead atoms. The minimum atomic E-state index is -0.561. The molecule has 0 fully saturated rings. The first kappa shape index (κ1) is 12.4. The average molecular weight is 224 g/mol. The van der Waals surface area contributed by atoms with E-state index in [9.17, 15) is 9.59 Å². The van der Waals surface area contributed by atoms with E-state index in [1.807, 2.05) is 6.92 Å². The van der Waals surface area contributed by atoms with Crippen molar-refractivity contribution in [1.82, 2.24) is 4.90 Å². The topological polar surface area (TPSA) is 59.0 Å². The second-order valence-corrected chi connectivity index (χ2v) is 3.42. The number of hydrogen-bond donors (Lipinski definition) is 0. The van der Waals surface area contributed by atoms with E-state index >= 15 is 0 Å². The lowest BCUT2D eigenvalue weighted by Gasteiger charge is -2.24. The maximum atomic E-state index is 11.8. The predicted octanol–water partition coefficient (Wildman–Crippen LogP) is 1.74. The van der Waals surface area contributed by atoms with Crippen LogP contribution in [0.2, 0.25) is 0 Å². The maximum absolute atomic E-state index is 11.8. The smallest absolute Gasteiger partial charge is 0.353 e. The highest BCUT2D eigenvalue weighted by molar-refractivity contribution is 6.26. The van der Waals surface area contributed by atoms with Gasteiger partial charge in [0.25, 0.3) is 5.91 Å². The van der Waals surface area contributed by atoms with Gasteiger partial charge in [0, 0.05) is 6.54 Å². The van der Waals surface area contributed by atoms with Crippen molar-refractivity contribution in [3.8, 4) is 0 Å². The van der Waals surface area contributed by atoms with Crippen molar-refractivity contribution in [2.45, 2.75) is 26.7 Å². The van der Waals surface area contributed by atoms with Gasteiger partial charge in [-0.3, -0.25) is 9.69 Å². The molecule has 5 heteroatoms. The number of rotatable bonds is 4. The molecule has 0 aromatic carbocycles. The first-order valence-corrected chi connectivity index (χ1v) is 5.38. The van der Waals surface area contributed by atoms with Crippen LogP contribution in [0.1, 0.15) is 26.7 Å². The van der Waals surface area contributed by atoms with Crippen LogP contribution in [0.4, 0.5) is 4.79 Å². The number of nitrogens with zero attached hydrogens (tertiary/aromatic N) is 2. The van der Waals surface area contributed by atoms with E-state index in [0.717, 1.165) is 17.7 Å². The van der Waals surface area contributed by atoms with Gasteiger partial charge in [-0.05, 0) is 13.3 Å². The number of unbranched alkanes of at least 4 members (excludes halogenated alkanes) is 1. The van der Waals surface area contributed by atoms with Crippen molar-refractivity contribution in [3.05, 3.63) is 12.2 Å². The largest absolute Gasteiger partial charge is 0.477 e. The van der Waals surface area contributed by atoms with Crippen LogP contribution in [0.15, 0.2) is 17.1 Å². The molecule has 16 heavy (non-hydrogen) atoms. The summed E-state index contributed by atoms with van der Waals surface area (Å²) in [6.07, 6.45) is 1.68. The van der Waals surface area contributed by atoms with Gasteiger partial charge in [-0.1, -0.05) is 19.9 Å². The SMILES string of the molecule is C=C1C(=O)N(CCCC)C(=O)N=C1OCC. The fourth-order valence-electron chi connectivity index (χ4n) is 1.33. The molecule has 0 aromatic heterocycles. The molecule has 0 saturated heterocycles. The first-order chi connectivity index (χ1) is 7.61. The Morgan fingerprint density at radius 1 is 1.38 bits per heavy atom. The number of hydrogen-bond acceptors (Lipinski definition) is 3. The summed E-state index contributed by atoms with van der Waals surface area (Å²) >= 11 is 0. The van der Waals surface area contributed by atoms with Gasteiger partial charge in [0.15, 0.2) is 0 Å². The summed E-state index contributed by atoms with van der Waals surface area (Å²) < 4.78 is 5.07. The third-order valence-electron chi connectivity index (χ3n) is 2.21. The minimum Gasteiger partial charge on any atom is -0.477 e. The van der Waals surface area contributed by atoms with E-state index in [4.69, 9.17) is 4.74 Å². The Morgan fingerprint density at radius 3 is 2.62 bits per heavy atom. The van der Waals surface area contributed by atoms with E-state index < -0.39 is 11.9 Å². The molecule has 5 nitrogen and oxygen atoms in total. The number of imide groups is 1. The lowest BCUT2D eigenvalue weighted by Crippen LogP contribution is -2.42. The maximum Gasteiger partial charge on any atom is 0.353 e. The number of ether oxygens (including phenoxy) is 1. The summed E-state index contributed by atoms with van der Waals surface area (Å²) in [6.45, 7) is 8.08. The van der Waals surface area contributed by atoms with Crippen molar-refractivity contribution in [3.63, 3.8) is 0 Å². The van der Waals surface area contributed by atoms with Crippen LogP contribution in [0, 0.1) is 0 Å². The summed E-state index contributed by atoms with van der Waals surface area (Å²) in [5.74, 6) is -0.359. The number of urea groups is 1. The highest BCUT2D eigenvalue weighted by Gasteiger charge is 2.31. The van der Waals surface area contributed by atoms with Crippen LogP contribution in [-0.4, -0.2) is 35.9 Å². The highest BCUT2D eigenvalue weighted by atomic mass is 16.5. The Morgan fingerprint density at radius 2 is 2.06 bits per heavy atom. The van der Waals surface area contributed by atoms with E-state index in [0.29, 0.717) is 13.2 Å². The van der Waals surface area contributed by atoms with Gasteiger partial charge in [-0.15, -0.1) is 0 Å². The number of amides is 3. The van der Waals surface area contributed by atoms with Crippen molar-refractivity contribution < 1.29 is 14.3 Å². The Balaban J connectivity index is 2.83. The van der Waals surface area contributed by atoms with Gasteiger partial charge in [0.2, 0.25) is 5.90 Å². The molecule has 0 saturated carbocycles. The van der Waals surface area contributed by atoms with Crippen molar-refractivity contribution >= 4 is 17.8 Å². The minimum absolute atomic E-state index is 0.0465. The van der Waals surface area contributed by atoms with E-state index in [2.05, 4.69) is 11.6 Å². The van der Waals surface area contributed by atoms with Crippen LogP contribution in [0.25, 0.3) is 0 Å². The summed E-state index contributed by atoms with van der Waals surface area (Å²) in [7, 11) is 0. The monoisotopic (exact) mass is 224 g/mol. The van der Waals surface area contributed by atoms with Crippen molar-refractivity contribution in [1.29, 1.82) is 0 Å².